The Morgan fingerprint density at radius 3 is 2.29 bits per heavy atom. The predicted octanol–water partition coefficient (Wildman–Crippen LogP) is 4.60. The molecule has 0 saturated heterocycles. The van der Waals surface area contributed by atoms with E-state index in [1.54, 1.807) is 54.6 Å². The van der Waals surface area contributed by atoms with Crippen LogP contribution in [0, 0.1) is 5.82 Å². The maximum atomic E-state index is 12.9. The summed E-state index contributed by atoms with van der Waals surface area (Å²) in [6.45, 7) is 0. The molecule has 0 aliphatic carbocycles. The van der Waals surface area contributed by atoms with Gasteiger partial charge in [-0.05, 0) is 54.1 Å². The highest BCUT2D eigenvalue weighted by atomic mass is 79.9. The number of hydrogen-bond donors (Lipinski definition) is 2. The van der Waals surface area contributed by atoms with Crippen LogP contribution in [0.1, 0.15) is 26.3 Å². The summed E-state index contributed by atoms with van der Waals surface area (Å²) in [6.07, 6.45) is 1.41. The second-order valence-corrected chi connectivity index (χ2v) is 6.71. The minimum Gasteiger partial charge on any atom is -0.322 e. The molecule has 3 aromatic carbocycles. The van der Waals surface area contributed by atoms with E-state index in [9.17, 15) is 14.0 Å². The van der Waals surface area contributed by atoms with E-state index >= 15 is 0 Å². The summed E-state index contributed by atoms with van der Waals surface area (Å²) in [5.41, 5.74) is 4.37. The number of rotatable bonds is 5. The van der Waals surface area contributed by atoms with Crippen LogP contribution in [0.3, 0.4) is 0 Å². The van der Waals surface area contributed by atoms with Crippen molar-refractivity contribution in [3.05, 3.63) is 99.8 Å². The van der Waals surface area contributed by atoms with Gasteiger partial charge in [0.15, 0.2) is 0 Å². The van der Waals surface area contributed by atoms with Crippen molar-refractivity contribution in [1.29, 1.82) is 0 Å². The second kappa shape index (κ2) is 9.05. The zero-order chi connectivity index (χ0) is 19.9. The lowest BCUT2D eigenvalue weighted by atomic mass is 10.1. The standard InChI is InChI=1S/C21H15BrFN3O2/c22-17-5-1-3-15(11-17)20(27)25-19-6-2-4-16(12-19)21(28)26-24-13-14-7-9-18(23)10-8-14/h1-13H,(H,25,27)(H,26,28). The molecule has 140 valence electrons. The van der Waals surface area contributed by atoms with Gasteiger partial charge in [0, 0.05) is 21.3 Å². The van der Waals surface area contributed by atoms with Gasteiger partial charge in [0.25, 0.3) is 11.8 Å². The first-order valence-electron chi connectivity index (χ1n) is 8.27. The summed E-state index contributed by atoms with van der Waals surface area (Å²) in [5.74, 6) is -1.06. The summed E-state index contributed by atoms with van der Waals surface area (Å²) < 4.78 is 13.7. The Hall–Kier alpha value is -3.32. The fourth-order valence-electron chi connectivity index (χ4n) is 2.35. The number of hydrazone groups is 1. The van der Waals surface area contributed by atoms with E-state index in [-0.39, 0.29) is 11.7 Å². The Balaban J connectivity index is 1.64. The van der Waals surface area contributed by atoms with Crippen molar-refractivity contribution in [3.8, 4) is 0 Å². The number of nitrogens with one attached hydrogen (secondary N) is 2. The summed E-state index contributed by atoms with van der Waals surface area (Å²) in [5, 5.41) is 6.61. The van der Waals surface area contributed by atoms with Gasteiger partial charge in [-0.3, -0.25) is 9.59 Å². The molecule has 7 heteroatoms. The number of amides is 2. The molecule has 0 aliphatic rings. The van der Waals surface area contributed by atoms with Crippen LogP contribution in [0.25, 0.3) is 0 Å². The number of anilines is 1. The van der Waals surface area contributed by atoms with Crippen LogP contribution in [0.15, 0.2) is 82.4 Å². The molecule has 0 heterocycles. The second-order valence-electron chi connectivity index (χ2n) is 5.80. The van der Waals surface area contributed by atoms with Gasteiger partial charge in [0.05, 0.1) is 6.21 Å². The zero-order valence-electron chi connectivity index (χ0n) is 14.5. The Morgan fingerprint density at radius 1 is 0.893 bits per heavy atom. The first kappa shape index (κ1) is 19.4. The van der Waals surface area contributed by atoms with Crippen LogP contribution in [-0.2, 0) is 0 Å². The molecular weight excluding hydrogens is 425 g/mol. The van der Waals surface area contributed by atoms with Gasteiger partial charge in [-0.2, -0.15) is 5.10 Å². The molecule has 3 rings (SSSR count). The van der Waals surface area contributed by atoms with E-state index < -0.39 is 5.91 Å². The molecule has 0 atom stereocenters. The summed E-state index contributed by atoms with van der Waals surface area (Å²) >= 11 is 3.33. The van der Waals surface area contributed by atoms with Crippen molar-refractivity contribution in [2.24, 2.45) is 5.10 Å². The highest BCUT2D eigenvalue weighted by molar-refractivity contribution is 9.10. The quantitative estimate of drug-likeness (QED) is 0.450. The van der Waals surface area contributed by atoms with Gasteiger partial charge in [0.1, 0.15) is 5.82 Å². The van der Waals surface area contributed by atoms with E-state index in [0.29, 0.717) is 22.4 Å². The average Bonchev–Trinajstić information content (AvgIpc) is 2.69. The van der Waals surface area contributed by atoms with Crippen LogP contribution >= 0.6 is 15.9 Å². The minimum atomic E-state index is -0.433. The lowest BCUT2D eigenvalue weighted by Gasteiger charge is -2.07. The maximum Gasteiger partial charge on any atom is 0.271 e. The Bertz CT molecular complexity index is 1040. The molecule has 2 amide bonds. The first-order valence-corrected chi connectivity index (χ1v) is 9.06. The van der Waals surface area contributed by atoms with Crippen molar-refractivity contribution in [1.82, 2.24) is 5.43 Å². The third kappa shape index (κ3) is 5.34. The third-order valence-corrected chi connectivity index (χ3v) is 4.21. The van der Waals surface area contributed by atoms with Gasteiger partial charge in [0.2, 0.25) is 0 Å². The number of nitrogens with zero attached hydrogens (tertiary/aromatic N) is 1. The van der Waals surface area contributed by atoms with E-state index in [2.05, 4.69) is 31.8 Å². The monoisotopic (exact) mass is 439 g/mol. The molecule has 0 bridgehead atoms. The molecule has 0 fully saturated rings. The van der Waals surface area contributed by atoms with Crippen LogP contribution in [-0.4, -0.2) is 18.0 Å². The summed E-state index contributed by atoms with van der Waals surface area (Å²) in [4.78, 5) is 24.6. The number of hydrogen-bond acceptors (Lipinski definition) is 3. The van der Waals surface area contributed by atoms with Crippen molar-refractivity contribution in [2.75, 3.05) is 5.32 Å². The average molecular weight is 440 g/mol. The fourth-order valence-corrected chi connectivity index (χ4v) is 2.75. The van der Waals surface area contributed by atoms with Gasteiger partial charge >= 0.3 is 0 Å². The molecule has 0 unspecified atom stereocenters. The molecule has 0 saturated carbocycles. The van der Waals surface area contributed by atoms with Gasteiger partial charge in [-0.15, -0.1) is 0 Å². The van der Waals surface area contributed by atoms with E-state index in [1.165, 1.54) is 18.3 Å². The smallest absolute Gasteiger partial charge is 0.271 e. The number of halogens is 2. The lowest BCUT2D eigenvalue weighted by molar-refractivity contribution is 0.0953. The highest BCUT2D eigenvalue weighted by Gasteiger charge is 2.09. The normalized spacial score (nSPS) is 10.6. The Labute approximate surface area is 169 Å². The van der Waals surface area contributed by atoms with Crippen molar-refractivity contribution in [2.45, 2.75) is 0 Å². The number of carbonyl (C=O) groups is 2. The Kier molecular flexibility index (Phi) is 6.29. The molecule has 28 heavy (non-hydrogen) atoms. The summed E-state index contributed by atoms with van der Waals surface area (Å²) in [6, 6.07) is 19.2. The summed E-state index contributed by atoms with van der Waals surface area (Å²) in [7, 11) is 0. The van der Waals surface area contributed by atoms with Gasteiger partial charge in [-0.1, -0.05) is 40.2 Å². The van der Waals surface area contributed by atoms with Crippen LogP contribution in [0.4, 0.5) is 10.1 Å². The van der Waals surface area contributed by atoms with Crippen LogP contribution < -0.4 is 10.7 Å². The highest BCUT2D eigenvalue weighted by Crippen LogP contribution is 2.15. The van der Waals surface area contributed by atoms with Gasteiger partial charge < -0.3 is 5.32 Å². The van der Waals surface area contributed by atoms with Crippen molar-refractivity contribution in [3.63, 3.8) is 0 Å². The molecule has 0 aromatic heterocycles. The third-order valence-electron chi connectivity index (χ3n) is 3.72. The van der Waals surface area contributed by atoms with E-state index in [1.807, 2.05) is 6.07 Å². The van der Waals surface area contributed by atoms with Crippen molar-refractivity contribution >= 4 is 39.6 Å². The Morgan fingerprint density at radius 2 is 1.57 bits per heavy atom. The maximum absolute atomic E-state index is 12.9. The molecule has 5 nitrogen and oxygen atoms in total. The van der Waals surface area contributed by atoms with E-state index in [0.717, 1.165) is 4.47 Å². The zero-order valence-corrected chi connectivity index (χ0v) is 16.1. The minimum absolute atomic E-state index is 0.284. The lowest BCUT2D eigenvalue weighted by Crippen LogP contribution is -2.18. The SMILES string of the molecule is O=C(NN=Cc1ccc(F)cc1)c1cccc(NC(=O)c2cccc(Br)c2)c1. The molecule has 3 aromatic rings. The van der Waals surface area contributed by atoms with Crippen LogP contribution in [0.5, 0.6) is 0 Å². The molecule has 0 spiro atoms. The molecule has 0 aliphatic heterocycles. The first-order chi connectivity index (χ1) is 13.5. The number of benzene rings is 3. The molecular formula is C21H15BrFN3O2. The molecule has 2 N–H and O–H groups in total. The van der Waals surface area contributed by atoms with E-state index in [4.69, 9.17) is 0 Å². The topological polar surface area (TPSA) is 70.6 Å². The number of carbonyl (C=O) groups excluding carboxylic acids is 2. The largest absolute Gasteiger partial charge is 0.322 e. The predicted molar refractivity (Wildman–Crippen MR) is 110 cm³/mol. The molecule has 0 radical (unpaired) electrons. The fraction of sp³-hybridized carbons (Fsp3) is 0. The van der Waals surface area contributed by atoms with Crippen molar-refractivity contribution < 1.29 is 14.0 Å². The van der Waals surface area contributed by atoms with Gasteiger partial charge in [-0.25, -0.2) is 9.82 Å². The van der Waals surface area contributed by atoms with Crippen LogP contribution in [0.2, 0.25) is 0 Å².